The fraction of sp³-hybridized carbons (Fsp3) is 0. The number of nitrogens with one attached hydrogen (secondary N) is 1. The molecule has 0 bridgehead atoms. The first kappa shape index (κ1) is 18.4. The minimum Gasteiger partial charge on any atom is -0.507 e. The number of carbonyl (C=O) groups is 3. The maximum absolute atomic E-state index is 12.7. The molecule has 1 fully saturated rings. The van der Waals surface area contributed by atoms with Crippen molar-refractivity contribution in [1.29, 1.82) is 0 Å². The van der Waals surface area contributed by atoms with E-state index >= 15 is 0 Å². The summed E-state index contributed by atoms with van der Waals surface area (Å²) in [6.07, 6.45) is 1.32. The van der Waals surface area contributed by atoms with Crippen molar-refractivity contribution >= 4 is 68.7 Å². The SMILES string of the molecule is O=C1NC(=O)N(c2ccc(Cl)c(Cl)c2)C(=O)/C1=C/c1ccc(O)c(Br)c1. The number of rotatable bonds is 2. The molecule has 0 unspecified atom stereocenters. The molecule has 2 aromatic carbocycles. The zero-order valence-corrected chi connectivity index (χ0v) is 15.9. The Morgan fingerprint density at radius 1 is 1.04 bits per heavy atom. The zero-order chi connectivity index (χ0) is 19.0. The fourth-order valence-corrected chi connectivity index (χ4v) is 2.98. The van der Waals surface area contributed by atoms with E-state index in [-0.39, 0.29) is 27.1 Å². The summed E-state index contributed by atoms with van der Waals surface area (Å²) in [5.41, 5.74) is 0.414. The van der Waals surface area contributed by atoms with E-state index in [1.54, 1.807) is 0 Å². The first-order chi connectivity index (χ1) is 12.3. The maximum Gasteiger partial charge on any atom is 0.335 e. The molecule has 0 saturated carbocycles. The van der Waals surface area contributed by atoms with Crippen LogP contribution >= 0.6 is 39.1 Å². The Morgan fingerprint density at radius 2 is 1.77 bits per heavy atom. The third-order valence-corrected chi connectivity index (χ3v) is 4.92. The third-order valence-electron chi connectivity index (χ3n) is 3.55. The van der Waals surface area contributed by atoms with E-state index in [0.717, 1.165) is 4.90 Å². The Bertz CT molecular complexity index is 991. The molecule has 2 N–H and O–H groups in total. The molecule has 1 aliphatic heterocycles. The average Bonchev–Trinajstić information content (AvgIpc) is 2.57. The zero-order valence-electron chi connectivity index (χ0n) is 12.8. The number of barbiturate groups is 1. The summed E-state index contributed by atoms with van der Waals surface area (Å²) in [5.74, 6) is -1.61. The van der Waals surface area contributed by atoms with Crippen LogP contribution in [0.15, 0.2) is 46.4 Å². The number of phenols is 1. The number of nitrogens with zero attached hydrogens (tertiary/aromatic N) is 1. The number of benzene rings is 2. The number of amides is 4. The minimum atomic E-state index is -0.887. The molecular weight excluding hydrogens is 447 g/mol. The highest BCUT2D eigenvalue weighted by molar-refractivity contribution is 9.10. The summed E-state index contributed by atoms with van der Waals surface area (Å²) in [7, 11) is 0. The van der Waals surface area contributed by atoms with Gasteiger partial charge in [0.05, 0.1) is 20.2 Å². The number of imide groups is 2. The van der Waals surface area contributed by atoms with Crippen LogP contribution in [-0.2, 0) is 9.59 Å². The quantitative estimate of drug-likeness (QED) is 0.526. The van der Waals surface area contributed by atoms with Crippen LogP contribution in [0, 0.1) is 0 Å². The van der Waals surface area contributed by atoms with Gasteiger partial charge in [0, 0.05) is 0 Å². The predicted octanol–water partition coefficient (Wildman–Crippen LogP) is 4.13. The normalized spacial score (nSPS) is 16.2. The standard InChI is InChI=1S/C17H9BrCl2N2O4/c18-11-6-8(1-4-14(11)23)5-10-15(24)21-17(26)22(16(10)25)9-2-3-12(19)13(20)7-9/h1-7,23H,(H,21,24,26)/b10-5+. The van der Waals surface area contributed by atoms with Gasteiger partial charge in [-0.25, -0.2) is 9.69 Å². The van der Waals surface area contributed by atoms with Gasteiger partial charge in [-0.05, 0) is 57.9 Å². The molecule has 2 aromatic rings. The van der Waals surface area contributed by atoms with Crippen LogP contribution in [0.4, 0.5) is 10.5 Å². The summed E-state index contributed by atoms with van der Waals surface area (Å²) in [4.78, 5) is 37.8. The largest absolute Gasteiger partial charge is 0.507 e. The van der Waals surface area contributed by atoms with Gasteiger partial charge in [-0.3, -0.25) is 14.9 Å². The van der Waals surface area contributed by atoms with Gasteiger partial charge in [0.15, 0.2) is 0 Å². The summed E-state index contributed by atoms with van der Waals surface area (Å²) in [5, 5.41) is 12.1. The molecule has 3 rings (SSSR count). The maximum atomic E-state index is 12.7. The predicted molar refractivity (Wildman–Crippen MR) is 101 cm³/mol. The van der Waals surface area contributed by atoms with Gasteiger partial charge in [0.25, 0.3) is 11.8 Å². The number of urea groups is 1. The Balaban J connectivity index is 2.03. The third kappa shape index (κ3) is 3.46. The van der Waals surface area contributed by atoms with E-state index in [1.165, 1.54) is 42.5 Å². The molecule has 0 radical (unpaired) electrons. The molecule has 9 heteroatoms. The van der Waals surface area contributed by atoms with Crippen LogP contribution in [-0.4, -0.2) is 23.0 Å². The van der Waals surface area contributed by atoms with E-state index in [2.05, 4.69) is 21.2 Å². The lowest BCUT2D eigenvalue weighted by Crippen LogP contribution is -2.54. The first-order valence-corrected chi connectivity index (χ1v) is 8.68. The van der Waals surface area contributed by atoms with Crippen molar-refractivity contribution in [2.24, 2.45) is 0 Å². The van der Waals surface area contributed by atoms with Crippen LogP contribution in [0.3, 0.4) is 0 Å². The number of phenolic OH excluding ortho intramolecular Hbond substituents is 1. The van der Waals surface area contributed by atoms with Crippen LogP contribution in [0.1, 0.15) is 5.56 Å². The van der Waals surface area contributed by atoms with Crippen LogP contribution in [0.25, 0.3) is 6.08 Å². The summed E-state index contributed by atoms with van der Waals surface area (Å²) in [6, 6.07) is 7.81. The number of carbonyl (C=O) groups excluding carboxylic acids is 3. The monoisotopic (exact) mass is 454 g/mol. The topological polar surface area (TPSA) is 86.7 Å². The molecule has 0 spiro atoms. The van der Waals surface area contributed by atoms with Crippen LogP contribution in [0.2, 0.25) is 10.0 Å². The molecule has 1 heterocycles. The number of aromatic hydroxyl groups is 1. The molecule has 0 atom stereocenters. The highest BCUT2D eigenvalue weighted by Crippen LogP contribution is 2.30. The smallest absolute Gasteiger partial charge is 0.335 e. The lowest BCUT2D eigenvalue weighted by molar-refractivity contribution is -0.122. The number of hydrogen-bond donors (Lipinski definition) is 2. The molecular formula is C17H9BrCl2N2O4. The lowest BCUT2D eigenvalue weighted by Gasteiger charge is -2.26. The van der Waals surface area contributed by atoms with E-state index < -0.39 is 17.8 Å². The van der Waals surface area contributed by atoms with Gasteiger partial charge in [-0.2, -0.15) is 0 Å². The molecule has 1 aliphatic rings. The van der Waals surface area contributed by atoms with Gasteiger partial charge in [-0.1, -0.05) is 29.3 Å². The van der Waals surface area contributed by atoms with Gasteiger partial charge in [0.2, 0.25) is 0 Å². The molecule has 132 valence electrons. The number of halogens is 3. The molecule has 1 saturated heterocycles. The van der Waals surface area contributed by atoms with Gasteiger partial charge < -0.3 is 5.11 Å². The summed E-state index contributed by atoms with van der Waals surface area (Å²) in [6.45, 7) is 0. The fourth-order valence-electron chi connectivity index (χ4n) is 2.30. The Morgan fingerprint density at radius 3 is 2.42 bits per heavy atom. The van der Waals surface area contributed by atoms with Crippen molar-refractivity contribution in [2.75, 3.05) is 4.90 Å². The van der Waals surface area contributed by atoms with Crippen molar-refractivity contribution in [2.45, 2.75) is 0 Å². The lowest BCUT2D eigenvalue weighted by atomic mass is 10.1. The van der Waals surface area contributed by atoms with Gasteiger partial charge >= 0.3 is 6.03 Å². The second-order valence-electron chi connectivity index (χ2n) is 5.27. The molecule has 0 aliphatic carbocycles. The highest BCUT2D eigenvalue weighted by atomic mass is 79.9. The molecule has 6 nitrogen and oxygen atoms in total. The molecule has 26 heavy (non-hydrogen) atoms. The minimum absolute atomic E-state index is 0.0131. The first-order valence-electron chi connectivity index (χ1n) is 7.13. The summed E-state index contributed by atoms with van der Waals surface area (Å²) < 4.78 is 0.396. The van der Waals surface area contributed by atoms with Crippen molar-refractivity contribution in [3.63, 3.8) is 0 Å². The van der Waals surface area contributed by atoms with E-state index in [4.69, 9.17) is 23.2 Å². The highest BCUT2D eigenvalue weighted by Gasteiger charge is 2.37. The van der Waals surface area contributed by atoms with Crippen molar-refractivity contribution < 1.29 is 19.5 Å². The van der Waals surface area contributed by atoms with Crippen molar-refractivity contribution in [3.05, 3.63) is 62.1 Å². The van der Waals surface area contributed by atoms with Crippen LogP contribution < -0.4 is 10.2 Å². The second-order valence-corrected chi connectivity index (χ2v) is 6.94. The van der Waals surface area contributed by atoms with E-state index in [9.17, 15) is 19.5 Å². The van der Waals surface area contributed by atoms with Crippen molar-refractivity contribution in [3.8, 4) is 5.75 Å². The van der Waals surface area contributed by atoms with E-state index in [0.29, 0.717) is 10.0 Å². The molecule has 4 amide bonds. The van der Waals surface area contributed by atoms with Crippen molar-refractivity contribution in [1.82, 2.24) is 5.32 Å². The Kier molecular flexibility index (Phi) is 5.04. The molecule has 0 aromatic heterocycles. The number of hydrogen-bond acceptors (Lipinski definition) is 4. The summed E-state index contributed by atoms with van der Waals surface area (Å²) >= 11 is 15.0. The Labute approximate surface area is 166 Å². The number of anilines is 1. The Hall–Kier alpha value is -2.35. The van der Waals surface area contributed by atoms with Crippen LogP contribution in [0.5, 0.6) is 5.75 Å². The average molecular weight is 456 g/mol. The van der Waals surface area contributed by atoms with Gasteiger partial charge in [0.1, 0.15) is 11.3 Å². The van der Waals surface area contributed by atoms with Gasteiger partial charge in [-0.15, -0.1) is 0 Å². The second kappa shape index (κ2) is 7.11. The van der Waals surface area contributed by atoms with E-state index in [1.807, 2.05) is 0 Å².